The highest BCUT2D eigenvalue weighted by molar-refractivity contribution is 5.94. The summed E-state index contributed by atoms with van der Waals surface area (Å²) in [7, 11) is 0. The molecule has 0 heterocycles. The Labute approximate surface area is 143 Å². The number of nitrogens with zero attached hydrogens (tertiary/aromatic N) is 1. The Morgan fingerprint density at radius 1 is 1.08 bits per heavy atom. The van der Waals surface area contributed by atoms with Gasteiger partial charge in [0.15, 0.2) is 17.5 Å². The first kappa shape index (κ1) is 18.5. The third kappa shape index (κ3) is 4.59. The van der Waals surface area contributed by atoms with E-state index in [-0.39, 0.29) is 18.9 Å². The minimum Gasteiger partial charge on any atom is -0.323 e. The van der Waals surface area contributed by atoms with Crippen LogP contribution in [0.1, 0.15) is 18.9 Å². The molecular formula is C18H17F3N2O2. The van der Waals surface area contributed by atoms with Crippen molar-refractivity contribution < 1.29 is 22.8 Å². The number of hydrogen-bond donors (Lipinski definition) is 1. The molecule has 0 fully saturated rings. The summed E-state index contributed by atoms with van der Waals surface area (Å²) in [4.78, 5) is 25.2. The van der Waals surface area contributed by atoms with Gasteiger partial charge in [-0.05, 0) is 36.8 Å². The fourth-order valence-electron chi connectivity index (χ4n) is 2.31. The molecule has 0 radical (unpaired) electrons. The first-order chi connectivity index (χ1) is 11.8. The van der Waals surface area contributed by atoms with E-state index in [0.717, 1.165) is 17.7 Å². The average Bonchev–Trinajstić information content (AvgIpc) is 2.55. The predicted molar refractivity (Wildman–Crippen MR) is 88.8 cm³/mol. The number of carbonyl (C=O) groups is 2. The van der Waals surface area contributed by atoms with Crippen molar-refractivity contribution in [2.45, 2.75) is 20.3 Å². The van der Waals surface area contributed by atoms with E-state index in [0.29, 0.717) is 5.69 Å². The van der Waals surface area contributed by atoms with Gasteiger partial charge in [-0.3, -0.25) is 9.59 Å². The highest BCUT2D eigenvalue weighted by Crippen LogP contribution is 2.20. The quantitative estimate of drug-likeness (QED) is 0.834. The van der Waals surface area contributed by atoms with Crippen LogP contribution in [0.3, 0.4) is 0 Å². The Morgan fingerprint density at radius 2 is 1.80 bits per heavy atom. The summed E-state index contributed by atoms with van der Waals surface area (Å²) in [5, 5.41) is 2.18. The Balaban J connectivity index is 2.05. The van der Waals surface area contributed by atoms with Crippen LogP contribution in [0.15, 0.2) is 36.4 Å². The maximum absolute atomic E-state index is 13.6. The number of rotatable bonds is 5. The van der Waals surface area contributed by atoms with Crippen molar-refractivity contribution in [2.24, 2.45) is 0 Å². The maximum atomic E-state index is 13.6. The molecule has 132 valence electrons. The van der Waals surface area contributed by atoms with Crippen molar-refractivity contribution >= 4 is 23.2 Å². The van der Waals surface area contributed by atoms with Crippen LogP contribution in [-0.4, -0.2) is 18.4 Å². The van der Waals surface area contributed by atoms with E-state index in [1.54, 1.807) is 18.2 Å². The highest BCUT2D eigenvalue weighted by atomic mass is 19.2. The van der Waals surface area contributed by atoms with E-state index < -0.39 is 29.0 Å². The molecule has 0 spiro atoms. The van der Waals surface area contributed by atoms with Gasteiger partial charge in [-0.1, -0.05) is 12.1 Å². The number of halogens is 3. The number of anilines is 2. The first-order valence-corrected chi connectivity index (χ1v) is 7.57. The largest absolute Gasteiger partial charge is 0.323 e. The summed E-state index contributed by atoms with van der Waals surface area (Å²) < 4.78 is 39.6. The van der Waals surface area contributed by atoms with Crippen molar-refractivity contribution in [3.05, 3.63) is 59.4 Å². The zero-order chi connectivity index (χ0) is 18.6. The van der Waals surface area contributed by atoms with Gasteiger partial charge in [0, 0.05) is 25.6 Å². The van der Waals surface area contributed by atoms with E-state index in [1.165, 1.54) is 11.8 Å². The van der Waals surface area contributed by atoms with E-state index in [2.05, 4.69) is 5.32 Å². The number of aryl methyl sites for hydroxylation is 1. The van der Waals surface area contributed by atoms with Crippen LogP contribution >= 0.6 is 0 Å². The van der Waals surface area contributed by atoms with Gasteiger partial charge in [0.05, 0.1) is 5.69 Å². The molecule has 0 unspecified atom stereocenters. The molecule has 0 aromatic heterocycles. The van der Waals surface area contributed by atoms with Gasteiger partial charge in [-0.15, -0.1) is 0 Å². The molecule has 0 aliphatic carbocycles. The lowest BCUT2D eigenvalue weighted by Gasteiger charge is -2.21. The van der Waals surface area contributed by atoms with Gasteiger partial charge < -0.3 is 10.2 Å². The predicted octanol–water partition coefficient (Wildman–Crippen LogP) is 3.79. The lowest BCUT2D eigenvalue weighted by atomic mass is 10.2. The molecule has 2 aromatic carbocycles. The van der Waals surface area contributed by atoms with Crippen LogP contribution in [-0.2, 0) is 9.59 Å². The fourth-order valence-corrected chi connectivity index (χ4v) is 2.31. The van der Waals surface area contributed by atoms with E-state index in [1.807, 2.05) is 13.0 Å². The average molecular weight is 350 g/mol. The first-order valence-electron chi connectivity index (χ1n) is 7.57. The number of benzene rings is 2. The van der Waals surface area contributed by atoms with Crippen LogP contribution in [0, 0.1) is 24.4 Å². The Bertz CT molecular complexity index is 809. The van der Waals surface area contributed by atoms with Gasteiger partial charge in [0.2, 0.25) is 11.8 Å². The summed E-state index contributed by atoms with van der Waals surface area (Å²) in [5.74, 6) is -5.32. The van der Waals surface area contributed by atoms with Crippen molar-refractivity contribution in [2.75, 3.05) is 16.8 Å². The molecule has 0 aliphatic heterocycles. The minimum absolute atomic E-state index is 0.0654. The van der Waals surface area contributed by atoms with Gasteiger partial charge >= 0.3 is 0 Å². The van der Waals surface area contributed by atoms with Crippen LogP contribution in [0.4, 0.5) is 24.5 Å². The molecule has 0 saturated carbocycles. The lowest BCUT2D eigenvalue weighted by molar-refractivity contribution is -0.117. The number of nitrogens with one attached hydrogen (secondary N) is 1. The molecule has 0 atom stereocenters. The summed E-state index contributed by atoms with van der Waals surface area (Å²) in [6.45, 7) is 3.31. The molecular weight excluding hydrogens is 333 g/mol. The van der Waals surface area contributed by atoms with Crippen LogP contribution in [0.25, 0.3) is 0 Å². The molecule has 2 rings (SSSR count). The second-order valence-corrected chi connectivity index (χ2v) is 5.53. The zero-order valence-electron chi connectivity index (χ0n) is 13.8. The van der Waals surface area contributed by atoms with Crippen LogP contribution < -0.4 is 10.2 Å². The molecule has 7 heteroatoms. The molecule has 2 aromatic rings. The van der Waals surface area contributed by atoms with Gasteiger partial charge in [0.1, 0.15) is 0 Å². The number of hydrogen-bond acceptors (Lipinski definition) is 2. The van der Waals surface area contributed by atoms with E-state index in [4.69, 9.17) is 0 Å². The summed E-state index contributed by atoms with van der Waals surface area (Å²) >= 11 is 0. The third-order valence-electron chi connectivity index (χ3n) is 3.57. The van der Waals surface area contributed by atoms with Gasteiger partial charge in [-0.25, -0.2) is 13.2 Å². The molecule has 1 N–H and O–H groups in total. The van der Waals surface area contributed by atoms with Crippen LogP contribution in [0.2, 0.25) is 0 Å². The van der Waals surface area contributed by atoms with Gasteiger partial charge in [-0.2, -0.15) is 0 Å². The Hall–Kier alpha value is -2.83. The van der Waals surface area contributed by atoms with Crippen molar-refractivity contribution in [1.29, 1.82) is 0 Å². The molecule has 2 amide bonds. The maximum Gasteiger partial charge on any atom is 0.226 e. The second-order valence-electron chi connectivity index (χ2n) is 5.53. The molecule has 0 saturated heterocycles. The minimum atomic E-state index is -1.65. The molecule has 4 nitrogen and oxygen atoms in total. The number of carbonyl (C=O) groups excluding carboxylic acids is 2. The van der Waals surface area contributed by atoms with Gasteiger partial charge in [0.25, 0.3) is 0 Å². The van der Waals surface area contributed by atoms with Crippen molar-refractivity contribution in [1.82, 2.24) is 0 Å². The van der Waals surface area contributed by atoms with E-state index in [9.17, 15) is 22.8 Å². The topological polar surface area (TPSA) is 49.4 Å². The van der Waals surface area contributed by atoms with Crippen molar-refractivity contribution in [3.63, 3.8) is 0 Å². The fraction of sp³-hybridized carbons (Fsp3) is 0.222. The zero-order valence-corrected chi connectivity index (χ0v) is 13.8. The smallest absolute Gasteiger partial charge is 0.226 e. The van der Waals surface area contributed by atoms with Crippen molar-refractivity contribution in [3.8, 4) is 0 Å². The summed E-state index contributed by atoms with van der Waals surface area (Å²) in [6.07, 6.45) is -0.133. The third-order valence-corrected chi connectivity index (χ3v) is 3.57. The summed E-state index contributed by atoms with van der Waals surface area (Å²) in [5.41, 5.74) is 1.14. The van der Waals surface area contributed by atoms with Crippen LogP contribution in [0.5, 0.6) is 0 Å². The van der Waals surface area contributed by atoms with E-state index >= 15 is 0 Å². The normalized spacial score (nSPS) is 10.4. The monoisotopic (exact) mass is 350 g/mol. The molecule has 25 heavy (non-hydrogen) atoms. The Kier molecular flexibility index (Phi) is 5.80. The second kappa shape index (κ2) is 7.83. The SMILES string of the molecule is CC(=O)N(CCC(=O)Nc1ccc(F)c(F)c1F)c1cccc(C)c1. The lowest BCUT2D eigenvalue weighted by Crippen LogP contribution is -2.32. The molecule has 0 bridgehead atoms. The Morgan fingerprint density at radius 3 is 2.44 bits per heavy atom. The summed E-state index contributed by atoms with van der Waals surface area (Å²) in [6, 6.07) is 8.87. The standard InChI is InChI=1S/C18H17F3N2O2/c1-11-4-3-5-13(10-11)23(12(2)24)9-8-16(25)22-15-7-6-14(19)17(20)18(15)21/h3-7,10H,8-9H2,1-2H3,(H,22,25). The highest BCUT2D eigenvalue weighted by Gasteiger charge is 2.17. The number of amides is 2. The molecule has 0 aliphatic rings.